The molecule has 4 fully saturated rings. The highest BCUT2D eigenvalue weighted by atomic mass is 33.1. The van der Waals surface area contributed by atoms with Crippen molar-refractivity contribution in [2.75, 3.05) is 38.2 Å². The van der Waals surface area contributed by atoms with Crippen molar-refractivity contribution in [2.45, 2.75) is 164 Å². The van der Waals surface area contributed by atoms with Crippen LogP contribution in [0.2, 0.25) is 0 Å². The number of rotatable bonds is 9. The number of aliphatic hydroxyl groups is 2. The maximum absolute atomic E-state index is 15.2. The molecule has 324 valence electrons. The van der Waals surface area contributed by atoms with Gasteiger partial charge >= 0.3 is 11.9 Å². The van der Waals surface area contributed by atoms with Crippen LogP contribution in [0.3, 0.4) is 0 Å². The number of fused-ring (bicyclic) bond motifs is 1. The van der Waals surface area contributed by atoms with Gasteiger partial charge in [0.1, 0.15) is 17.7 Å². The van der Waals surface area contributed by atoms with E-state index in [9.17, 15) is 24.9 Å². The van der Waals surface area contributed by atoms with Crippen molar-refractivity contribution in [3.63, 3.8) is 0 Å². The molecule has 0 bridgehead atoms. The molecule has 1 amide bonds. The van der Waals surface area contributed by atoms with E-state index >= 15 is 4.79 Å². The molecule has 0 spiro atoms. The van der Waals surface area contributed by atoms with Crippen LogP contribution in [0.15, 0.2) is 12.1 Å². The second kappa shape index (κ2) is 18.8. The number of hydrogen-bond acceptors (Lipinski definition) is 13. The molecule has 1 aromatic rings. The van der Waals surface area contributed by atoms with E-state index in [2.05, 4.69) is 16.0 Å². The van der Waals surface area contributed by atoms with Crippen molar-refractivity contribution in [3.8, 4) is 11.5 Å². The van der Waals surface area contributed by atoms with Gasteiger partial charge in [0.25, 0.3) is 0 Å². The van der Waals surface area contributed by atoms with Gasteiger partial charge < -0.3 is 45.5 Å². The number of hydrogen-bond donors (Lipinski definition) is 6. The SMILES string of the molecule is CN[C@H]1CSSC[C@@](C)(O)CC[C@H]([C@H](C[C@@H](OC(=O)[C@]23CCCC[C@H]2CCC(=O)N3)C2([C@H]3CC[C@H]4CCOc5c(O)ccc3c54)CCNCC2)OC(C)=O)CC[C@H]1O. The Kier molecular flexibility index (Phi) is 14.2. The molecule has 1 saturated carbocycles. The van der Waals surface area contributed by atoms with E-state index in [4.69, 9.17) is 14.2 Å². The molecule has 2 aliphatic carbocycles. The molecule has 6 N–H and O–H groups in total. The third-order valence-corrected chi connectivity index (χ3v) is 17.5. The van der Waals surface area contributed by atoms with Gasteiger partial charge in [-0.2, -0.15) is 0 Å². The number of phenolic OH excluding ortho intramolecular Hbond substituents is 1. The van der Waals surface area contributed by atoms with Crippen molar-refractivity contribution in [1.82, 2.24) is 16.0 Å². The van der Waals surface area contributed by atoms with Gasteiger partial charge in [-0.3, -0.25) is 9.59 Å². The lowest BCUT2D eigenvalue weighted by Crippen LogP contribution is -2.65. The predicted molar refractivity (Wildman–Crippen MR) is 226 cm³/mol. The van der Waals surface area contributed by atoms with Crippen LogP contribution in [0.25, 0.3) is 0 Å². The van der Waals surface area contributed by atoms with Crippen molar-refractivity contribution in [3.05, 3.63) is 23.3 Å². The molecule has 0 aromatic heterocycles. The van der Waals surface area contributed by atoms with Crippen LogP contribution in [0.5, 0.6) is 11.5 Å². The molecule has 0 radical (unpaired) electrons. The van der Waals surface area contributed by atoms with E-state index < -0.39 is 40.8 Å². The van der Waals surface area contributed by atoms with Gasteiger partial charge in [-0.05, 0) is 139 Å². The molecule has 6 aliphatic rings. The van der Waals surface area contributed by atoms with Crippen LogP contribution < -0.4 is 20.7 Å². The lowest BCUT2D eigenvalue weighted by Gasteiger charge is -2.53. The number of phenols is 1. The molecule has 58 heavy (non-hydrogen) atoms. The predicted octanol–water partition coefficient (Wildman–Crippen LogP) is 5.85. The number of aliphatic hydroxyl groups excluding tert-OH is 1. The first kappa shape index (κ1) is 43.8. The standard InChI is InChI=1S/C44H67N3O9S2/c1-27(48)55-36(28-8-12-34(49)33(45-3)25-57-58-26-42(2,53)18-15-28)24-37(56-41(52)44-17-5-4-6-30(44)9-14-38(51)47-44)43(19-21-46-22-20-43)32-11-7-29-16-23-54-40-35(50)13-10-31(32)39(29)40/h10,13,28-30,32-34,36-37,45-46,49-50,53H,4-9,11-12,14-26H2,1-3H3,(H,47,51)/t28-,29+,30+,32+,33+,34-,36+,37-,42+,44+/m1/s1. The van der Waals surface area contributed by atoms with E-state index in [1.165, 1.54) is 6.92 Å². The van der Waals surface area contributed by atoms with Crippen LogP contribution in [0.1, 0.15) is 140 Å². The summed E-state index contributed by atoms with van der Waals surface area (Å²) in [6.45, 7) is 5.27. The average Bonchev–Trinajstić information content (AvgIpc) is 3.21. The van der Waals surface area contributed by atoms with Crippen LogP contribution >= 0.6 is 21.6 Å². The molecule has 1 aromatic carbocycles. The summed E-state index contributed by atoms with van der Waals surface area (Å²) in [5.41, 5.74) is -0.438. The van der Waals surface area contributed by atoms with Crippen molar-refractivity contribution < 1.29 is 43.9 Å². The summed E-state index contributed by atoms with van der Waals surface area (Å²) in [6, 6.07) is 3.64. The van der Waals surface area contributed by atoms with Crippen LogP contribution in [0, 0.1) is 17.3 Å². The maximum Gasteiger partial charge on any atom is 0.332 e. The number of amides is 1. The minimum Gasteiger partial charge on any atom is -0.504 e. The molecule has 0 unspecified atom stereocenters. The molecular weight excluding hydrogens is 779 g/mol. The smallest absolute Gasteiger partial charge is 0.332 e. The number of aromatic hydroxyl groups is 1. The largest absolute Gasteiger partial charge is 0.504 e. The lowest BCUT2D eigenvalue weighted by atomic mass is 9.57. The van der Waals surface area contributed by atoms with E-state index in [0.717, 1.165) is 49.7 Å². The van der Waals surface area contributed by atoms with Crippen LogP contribution in [-0.4, -0.2) is 107 Å². The second-order valence-corrected chi connectivity index (χ2v) is 21.0. The van der Waals surface area contributed by atoms with Gasteiger partial charge in [0.05, 0.1) is 18.3 Å². The van der Waals surface area contributed by atoms with E-state index in [1.54, 1.807) is 27.7 Å². The Hall–Kier alpha value is -2.23. The summed E-state index contributed by atoms with van der Waals surface area (Å²) in [6.07, 6.45) is 8.66. The summed E-state index contributed by atoms with van der Waals surface area (Å²) >= 11 is 0. The molecule has 10 atom stereocenters. The fourth-order valence-electron chi connectivity index (χ4n) is 11.6. The highest BCUT2D eigenvalue weighted by Gasteiger charge is 2.57. The minimum atomic E-state index is -1.10. The molecule has 3 saturated heterocycles. The van der Waals surface area contributed by atoms with Gasteiger partial charge in [0.2, 0.25) is 5.91 Å². The number of esters is 2. The first-order chi connectivity index (χ1) is 27.9. The monoisotopic (exact) mass is 845 g/mol. The Balaban J connectivity index is 1.31. The Bertz CT molecular complexity index is 1620. The summed E-state index contributed by atoms with van der Waals surface area (Å²) in [4.78, 5) is 41.4. The summed E-state index contributed by atoms with van der Waals surface area (Å²) in [7, 11) is 5.11. The number of ether oxygens (including phenoxy) is 3. The van der Waals surface area contributed by atoms with E-state index in [1.807, 2.05) is 20.0 Å². The minimum absolute atomic E-state index is 0.0109. The third kappa shape index (κ3) is 9.32. The van der Waals surface area contributed by atoms with Crippen molar-refractivity contribution in [2.24, 2.45) is 17.3 Å². The molecule has 14 heteroatoms. The highest BCUT2D eigenvalue weighted by molar-refractivity contribution is 8.76. The van der Waals surface area contributed by atoms with Gasteiger partial charge in [0.15, 0.2) is 11.5 Å². The quantitative estimate of drug-likeness (QED) is 0.129. The van der Waals surface area contributed by atoms with Gasteiger partial charge in [0, 0.05) is 48.3 Å². The highest BCUT2D eigenvalue weighted by Crippen LogP contribution is 2.59. The zero-order chi connectivity index (χ0) is 41.1. The third-order valence-electron chi connectivity index (χ3n) is 14.9. The lowest BCUT2D eigenvalue weighted by molar-refractivity contribution is -0.182. The zero-order valence-electron chi connectivity index (χ0n) is 34.7. The fourth-order valence-corrected chi connectivity index (χ4v) is 14.5. The number of carbonyl (C=O) groups is 3. The van der Waals surface area contributed by atoms with Gasteiger partial charge in [-0.15, -0.1) is 0 Å². The van der Waals surface area contributed by atoms with Gasteiger partial charge in [-0.25, -0.2) is 4.79 Å². The normalized spacial score (nSPS) is 35.2. The van der Waals surface area contributed by atoms with Gasteiger partial charge in [-0.1, -0.05) is 40.5 Å². The maximum atomic E-state index is 15.2. The average molecular weight is 846 g/mol. The van der Waals surface area contributed by atoms with Crippen molar-refractivity contribution in [1.29, 1.82) is 0 Å². The molecule has 7 rings (SSSR count). The Labute approximate surface area is 352 Å². The Morgan fingerprint density at radius 3 is 2.59 bits per heavy atom. The number of nitrogens with one attached hydrogen (secondary N) is 3. The summed E-state index contributed by atoms with van der Waals surface area (Å²) in [5, 5.41) is 44.0. The first-order valence-electron chi connectivity index (χ1n) is 22.1. The van der Waals surface area contributed by atoms with E-state index in [0.29, 0.717) is 94.7 Å². The second-order valence-electron chi connectivity index (χ2n) is 18.5. The molecule has 4 aliphatic heterocycles. The fraction of sp³-hybridized carbons (Fsp3) is 0.795. The number of likely N-dealkylation sites (N-methyl/N-ethyl adjacent to an activating group) is 1. The van der Waals surface area contributed by atoms with Crippen LogP contribution in [-0.2, 0) is 23.9 Å². The number of piperidine rings is 2. The summed E-state index contributed by atoms with van der Waals surface area (Å²) < 4.78 is 19.6. The molecular formula is C44H67N3O9S2. The number of benzene rings is 1. The van der Waals surface area contributed by atoms with Crippen molar-refractivity contribution >= 4 is 39.4 Å². The molecule has 12 nitrogen and oxygen atoms in total. The van der Waals surface area contributed by atoms with E-state index in [-0.39, 0.29) is 53.8 Å². The summed E-state index contributed by atoms with van der Waals surface area (Å²) in [5.74, 6) is 0.960. The topological polar surface area (TPSA) is 176 Å². The first-order valence-corrected chi connectivity index (χ1v) is 24.6. The number of carbonyl (C=O) groups excluding carboxylic acids is 3. The Morgan fingerprint density at radius 2 is 1.81 bits per heavy atom. The zero-order valence-corrected chi connectivity index (χ0v) is 36.4. The van der Waals surface area contributed by atoms with Crippen LogP contribution in [0.4, 0.5) is 0 Å². The Morgan fingerprint density at radius 1 is 1.00 bits per heavy atom. The molecule has 4 heterocycles.